The maximum Gasteiger partial charge on any atom is 0.0314 e. The zero-order valence-electron chi connectivity index (χ0n) is 9.55. The monoisotopic (exact) mass is 289 g/mol. The molecule has 0 aliphatic rings. The predicted molar refractivity (Wildman–Crippen MR) is 72.7 cm³/mol. The van der Waals surface area contributed by atoms with Crippen molar-refractivity contribution in [2.24, 2.45) is 5.92 Å². The second kappa shape index (κ2) is 7.42. The van der Waals surface area contributed by atoms with E-state index in [2.05, 4.69) is 46.5 Å². The minimum atomic E-state index is 0.770. The van der Waals surface area contributed by atoms with Crippen molar-refractivity contribution in [2.75, 3.05) is 13.1 Å². The van der Waals surface area contributed by atoms with Crippen LogP contribution in [0.2, 0.25) is 0 Å². The van der Waals surface area contributed by atoms with Crippen molar-refractivity contribution < 1.29 is 0 Å². The summed E-state index contributed by atoms with van der Waals surface area (Å²) in [5.74, 6) is 0.770. The van der Waals surface area contributed by atoms with Gasteiger partial charge in [0.1, 0.15) is 0 Å². The van der Waals surface area contributed by atoms with Crippen molar-refractivity contribution >= 4 is 27.3 Å². The molecule has 1 aromatic heterocycles. The number of rotatable bonds is 7. The molecule has 0 aliphatic heterocycles. The van der Waals surface area contributed by atoms with Gasteiger partial charge in [-0.25, -0.2) is 0 Å². The number of hydrogen-bond acceptors (Lipinski definition) is 2. The molecule has 0 saturated heterocycles. The van der Waals surface area contributed by atoms with Crippen LogP contribution in [0.3, 0.4) is 0 Å². The van der Waals surface area contributed by atoms with Gasteiger partial charge in [0, 0.05) is 9.35 Å². The summed E-state index contributed by atoms with van der Waals surface area (Å²) in [6.45, 7) is 6.78. The molecule has 3 heteroatoms. The molecule has 0 radical (unpaired) electrons. The van der Waals surface area contributed by atoms with Gasteiger partial charge in [0.25, 0.3) is 0 Å². The zero-order chi connectivity index (χ0) is 11.1. The molecule has 0 saturated carbocycles. The van der Waals surface area contributed by atoms with E-state index in [0.29, 0.717) is 0 Å². The summed E-state index contributed by atoms with van der Waals surface area (Å²) >= 11 is 5.45. The van der Waals surface area contributed by atoms with Crippen molar-refractivity contribution in [1.29, 1.82) is 0 Å². The van der Waals surface area contributed by atoms with Crippen LogP contribution in [0.5, 0.6) is 0 Å². The Labute approximate surface area is 105 Å². The Kier molecular flexibility index (Phi) is 6.53. The van der Waals surface area contributed by atoms with Gasteiger partial charge in [-0.15, -0.1) is 11.3 Å². The van der Waals surface area contributed by atoms with Gasteiger partial charge in [-0.05, 0) is 59.2 Å². The van der Waals surface area contributed by atoms with Crippen LogP contribution in [-0.4, -0.2) is 13.1 Å². The molecule has 0 bridgehead atoms. The lowest BCUT2D eigenvalue weighted by atomic mass is 10.0. The van der Waals surface area contributed by atoms with Crippen LogP contribution in [0, 0.1) is 5.92 Å². The Morgan fingerprint density at radius 1 is 1.47 bits per heavy atom. The lowest BCUT2D eigenvalue weighted by molar-refractivity contribution is 0.462. The molecule has 1 nitrogen and oxygen atoms in total. The van der Waals surface area contributed by atoms with E-state index in [0.717, 1.165) is 19.0 Å². The first-order valence-electron chi connectivity index (χ1n) is 5.70. The predicted octanol–water partition coefficient (Wildman–Crippen LogP) is 4.08. The topological polar surface area (TPSA) is 12.0 Å². The minimum Gasteiger partial charge on any atom is -0.316 e. The van der Waals surface area contributed by atoms with Crippen LogP contribution in [-0.2, 0) is 6.42 Å². The molecule has 0 spiro atoms. The smallest absolute Gasteiger partial charge is 0.0314 e. The molecule has 0 aromatic carbocycles. The zero-order valence-corrected chi connectivity index (χ0v) is 12.0. The number of hydrogen-bond donors (Lipinski definition) is 1. The largest absolute Gasteiger partial charge is 0.316 e. The molecule has 1 heterocycles. The van der Waals surface area contributed by atoms with E-state index >= 15 is 0 Å². The molecule has 0 aliphatic carbocycles. The van der Waals surface area contributed by atoms with Crippen molar-refractivity contribution in [3.8, 4) is 0 Å². The molecule has 1 N–H and O–H groups in total. The Balaban J connectivity index is 2.36. The van der Waals surface area contributed by atoms with Gasteiger partial charge in [-0.1, -0.05) is 20.3 Å². The van der Waals surface area contributed by atoms with E-state index in [9.17, 15) is 0 Å². The van der Waals surface area contributed by atoms with Crippen LogP contribution in [0.1, 0.15) is 31.6 Å². The van der Waals surface area contributed by atoms with Crippen LogP contribution in [0.15, 0.2) is 15.9 Å². The first-order chi connectivity index (χ1) is 7.27. The van der Waals surface area contributed by atoms with Crippen LogP contribution in [0.4, 0.5) is 0 Å². The third kappa shape index (κ3) is 4.66. The molecule has 15 heavy (non-hydrogen) atoms. The van der Waals surface area contributed by atoms with Crippen molar-refractivity contribution in [2.45, 2.75) is 33.1 Å². The van der Waals surface area contributed by atoms with E-state index in [-0.39, 0.29) is 0 Å². The quantitative estimate of drug-likeness (QED) is 0.746. The highest BCUT2D eigenvalue weighted by Crippen LogP contribution is 2.26. The van der Waals surface area contributed by atoms with Gasteiger partial charge in [0.2, 0.25) is 0 Å². The molecule has 86 valence electrons. The summed E-state index contributed by atoms with van der Waals surface area (Å²) in [4.78, 5) is 1.49. The average molecular weight is 290 g/mol. The Hall–Kier alpha value is 0.140. The summed E-state index contributed by atoms with van der Waals surface area (Å²) in [5, 5.41) is 5.67. The molecular weight excluding hydrogens is 270 g/mol. The molecular formula is C12H20BrNS. The number of nitrogens with one attached hydrogen (secondary N) is 1. The second-order valence-corrected chi connectivity index (χ2v) is 5.73. The molecule has 0 fully saturated rings. The van der Waals surface area contributed by atoms with Gasteiger partial charge in [0.15, 0.2) is 0 Å². The van der Waals surface area contributed by atoms with E-state index in [1.165, 1.54) is 28.6 Å². The highest BCUT2D eigenvalue weighted by molar-refractivity contribution is 9.10. The van der Waals surface area contributed by atoms with Gasteiger partial charge >= 0.3 is 0 Å². The van der Waals surface area contributed by atoms with E-state index < -0.39 is 0 Å². The fraction of sp³-hybridized carbons (Fsp3) is 0.667. The summed E-state index contributed by atoms with van der Waals surface area (Å²) in [5.41, 5.74) is 0. The highest BCUT2D eigenvalue weighted by atomic mass is 79.9. The van der Waals surface area contributed by atoms with Gasteiger partial charge in [-0.3, -0.25) is 0 Å². The molecule has 1 atom stereocenters. The first kappa shape index (κ1) is 13.2. The summed E-state index contributed by atoms with van der Waals surface area (Å²) < 4.78 is 1.28. The second-order valence-electron chi connectivity index (χ2n) is 3.87. The highest BCUT2D eigenvalue weighted by Gasteiger charge is 2.10. The molecule has 1 rings (SSSR count). The van der Waals surface area contributed by atoms with Crippen LogP contribution < -0.4 is 5.32 Å². The summed E-state index contributed by atoms with van der Waals surface area (Å²) in [6, 6.07) is 2.15. The van der Waals surface area contributed by atoms with Crippen LogP contribution in [0.25, 0.3) is 0 Å². The molecule has 1 aromatic rings. The fourth-order valence-corrected chi connectivity index (χ4v) is 3.21. The summed E-state index contributed by atoms with van der Waals surface area (Å²) in [7, 11) is 0. The van der Waals surface area contributed by atoms with Gasteiger partial charge < -0.3 is 5.32 Å². The summed E-state index contributed by atoms with van der Waals surface area (Å²) in [6.07, 6.45) is 3.67. The normalized spacial score (nSPS) is 13.0. The number of halogens is 1. The Bertz CT molecular complexity index is 272. The maximum absolute atomic E-state index is 3.60. The number of thiophene rings is 1. The van der Waals surface area contributed by atoms with Crippen molar-refractivity contribution in [3.05, 3.63) is 20.8 Å². The Morgan fingerprint density at radius 3 is 2.80 bits per heavy atom. The van der Waals surface area contributed by atoms with Gasteiger partial charge in [-0.2, -0.15) is 0 Å². The van der Waals surface area contributed by atoms with Crippen molar-refractivity contribution in [3.63, 3.8) is 0 Å². The first-order valence-corrected chi connectivity index (χ1v) is 7.37. The van der Waals surface area contributed by atoms with E-state index in [4.69, 9.17) is 0 Å². The lowest BCUT2D eigenvalue weighted by Gasteiger charge is -2.14. The lowest BCUT2D eigenvalue weighted by Crippen LogP contribution is -2.24. The SMILES string of the molecule is CCCNCC(CC)Cc1sccc1Br. The van der Waals surface area contributed by atoms with Crippen molar-refractivity contribution in [1.82, 2.24) is 5.32 Å². The van der Waals surface area contributed by atoms with Crippen LogP contribution >= 0.6 is 27.3 Å². The maximum atomic E-state index is 3.60. The van der Waals surface area contributed by atoms with E-state index in [1.807, 2.05) is 11.3 Å². The molecule has 1 unspecified atom stereocenters. The Morgan fingerprint density at radius 2 is 2.27 bits per heavy atom. The standard InChI is InChI=1S/C12H20BrNS/c1-3-6-14-9-10(4-2)8-12-11(13)5-7-15-12/h5,7,10,14H,3-4,6,8-9H2,1-2H3. The minimum absolute atomic E-state index is 0.770. The molecule has 0 amide bonds. The fourth-order valence-electron chi connectivity index (χ4n) is 1.58. The van der Waals surface area contributed by atoms with Gasteiger partial charge in [0.05, 0.1) is 0 Å². The van der Waals surface area contributed by atoms with E-state index in [1.54, 1.807) is 0 Å². The third-order valence-electron chi connectivity index (χ3n) is 2.60. The third-order valence-corrected chi connectivity index (χ3v) is 4.55. The average Bonchev–Trinajstić information content (AvgIpc) is 2.63.